The first-order chi connectivity index (χ1) is 7.18. The summed E-state index contributed by atoms with van der Waals surface area (Å²) < 4.78 is 0. The second kappa shape index (κ2) is 4.12. The van der Waals surface area contributed by atoms with Gasteiger partial charge < -0.3 is 10.6 Å². The van der Waals surface area contributed by atoms with Crippen LogP contribution in [0.5, 0.6) is 0 Å². The van der Waals surface area contributed by atoms with Gasteiger partial charge in [-0.25, -0.2) is 0 Å². The molecule has 0 bridgehead atoms. The summed E-state index contributed by atoms with van der Waals surface area (Å²) in [7, 11) is 0. The van der Waals surface area contributed by atoms with Crippen molar-refractivity contribution in [1.29, 1.82) is 0 Å². The molecule has 1 atom stereocenters. The van der Waals surface area contributed by atoms with Crippen molar-refractivity contribution in [2.24, 2.45) is 11.1 Å². The minimum atomic E-state index is 0.0127. The molecule has 0 spiro atoms. The van der Waals surface area contributed by atoms with Crippen LogP contribution in [0.25, 0.3) is 0 Å². The smallest absolute Gasteiger partial charge is 0.228 e. The predicted molar refractivity (Wildman–Crippen MR) is 60.4 cm³/mol. The molecular weight excluding hydrogens is 188 g/mol. The molecule has 2 rings (SSSR count). The van der Waals surface area contributed by atoms with E-state index in [1.807, 2.05) is 4.90 Å². The molecule has 1 amide bonds. The van der Waals surface area contributed by atoms with E-state index in [0.29, 0.717) is 5.91 Å². The van der Waals surface area contributed by atoms with Crippen molar-refractivity contribution in [3.63, 3.8) is 0 Å². The summed E-state index contributed by atoms with van der Waals surface area (Å²) in [5.74, 6) is 0.392. The molecule has 1 saturated carbocycles. The Morgan fingerprint density at radius 1 is 1.53 bits per heavy atom. The van der Waals surface area contributed by atoms with E-state index in [9.17, 15) is 4.79 Å². The van der Waals surface area contributed by atoms with E-state index in [1.165, 1.54) is 6.42 Å². The highest BCUT2D eigenvalue weighted by atomic mass is 16.2. The molecular formula is C12H22N2O. The topological polar surface area (TPSA) is 46.3 Å². The maximum Gasteiger partial charge on any atom is 0.228 e. The first-order valence-corrected chi connectivity index (χ1v) is 6.23. The standard InChI is InChI=1S/C12H22N2O/c1-2-5-12(6-3-7-12)11(15)14-8-4-10(13)9-14/h10H,2-9,13H2,1H3. The Morgan fingerprint density at radius 3 is 2.67 bits per heavy atom. The van der Waals surface area contributed by atoms with Crippen LogP contribution in [0.3, 0.4) is 0 Å². The number of amides is 1. The lowest BCUT2D eigenvalue weighted by atomic mass is 9.65. The zero-order chi connectivity index (χ0) is 10.9. The predicted octanol–water partition coefficient (Wildman–Crippen LogP) is 1.52. The lowest BCUT2D eigenvalue weighted by Gasteiger charge is -2.42. The quantitative estimate of drug-likeness (QED) is 0.767. The van der Waals surface area contributed by atoms with E-state index < -0.39 is 0 Å². The zero-order valence-electron chi connectivity index (χ0n) is 9.67. The zero-order valence-corrected chi connectivity index (χ0v) is 9.67. The summed E-state index contributed by atoms with van der Waals surface area (Å²) in [6, 6.07) is 0.215. The van der Waals surface area contributed by atoms with Gasteiger partial charge in [0.1, 0.15) is 0 Å². The molecule has 1 saturated heterocycles. The van der Waals surface area contributed by atoms with Crippen molar-refractivity contribution >= 4 is 5.91 Å². The molecule has 3 nitrogen and oxygen atoms in total. The van der Waals surface area contributed by atoms with Crippen molar-refractivity contribution in [1.82, 2.24) is 4.90 Å². The summed E-state index contributed by atoms with van der Waals surface area (Å²) >= 11 is 0. The molecule has 0 aromatic rings. The number of hydrogen-bond donors (Lipinski definition) is 1. The fourth-order valence-electron chi connectivity index (χ4n) is 2.96. The molecule has 15 heavy (non-hydrogen) atoms. The number of nitrogens with two attached hydrogens (primary N) is 1. The minimum Gasteiger partial charge on any atom is -0.341 e. The Hall–Kier alpha value is -0.570. The van der Waals surface area contributed by atoms with Crippen molar-refractivity contribution in [2.45, 2.75) is 51.5 Å². The number of carbonyl (C=O) groups is 1. The van der Waals surface area contributed by atoms with Gasteiger partial charge in [-0.2, -0.15) is 0 Å². The number of rotatable bonds is 3. The Bertz CT molecular complexity index is 248. The number of hydrogen-bond acceptors (Lipinski definition) is 2. The molecule has 2 N–H and O–H groups in total. The van der Waals surface area contributed by atoms with E-state index in [4.69, 9.17) is 5.73 Å². The average Bonchev–Trinajstić information content (AvgIpc) is 2.57. The maximum absolute atomic E-state index is 12.4. The third-order valence-corrected chi connectivity index (χ3v) is 4.00. The largest absolute Gasteiger partial charge is 0.341 e. The summed E-state index contributed by atoms with van der Waals surface area (Å²) in [6.45, 7) is 3.83. The molecule has 1 aliphatic heterocycles. The number of carbonyl (C=O) groups excluding carboxylic acids is 1. The third kappa shape index (κ3) is 1.89. The van der Waals surface area contributed by atoms with E-state index in [-0.39, 0.29) is 11.5 Å². The van der Waals surface area contributed by atoms with Gasteiger partial charge in [-0.15, -0.1) is 0 Å². The van der Waals surface area contributed by atoms with Crippen LogP contribution in [0, 0.1) is 5.41 Å². The Labute approximate surface area is 92.0 Å². The van der Waals surface area contributed by atoms with Gasteiger partial charge in [-0.05, 0) is 25.7 Å². The van der Waals surface area contributed by atoms with E-state index in [0.717, 1.165) is 45.2 Å². The van der Waals surface area contributed by atoms with Gasteiger partial charge in [0.25, 0.3) is 0 Å². The summed E-state index contributed by atoms with van der Waals surface area (Å²) in [5.41, 5.74) is 5.86. The van der Waals surface area contributed by atoms with Crippen LogP contribution in [0.1, 0.15) is 45.4 Å². The molecule has 0 aromatic heterocycles. The molecule has 86 valence electrons. The molecule has 0 radical (unpaired) electrons. The van der Waals surface area contributed by atoms with Crippen LogP contribution in [0.2, 0.25) is 0 Å². The summed E-state index contributed by atoms with van der Waals surface area (Å²) in [5, 5.41) is 0. The van der Waals surface area contributed by atoms with Crippen molar-refractivity contribution in [3.05, 3.63) is 0 Å². The third-order valence-electron chi connectivity index (χ3n) is 4.00. The summed E-state index contributed by atoms with van der Waals surface area (Å²) in [4.78, 5) is 14.4. The van der Waals surface area contributed by atoms with Gasteiger partial charge in [0, 0.05) is 24.5 Å². The summed E-state index contributed by atoms with van der Waals surface area (Å²) in [6.07, 6.45) is 6.60. The number of likely N-dealkylation sites (tertiary alicyclic amines) is 1. The highest BCUT2D eigenvalue weighted by Crippen LogP contribution is 2.46. The second-order valence-corrected chi connectivity index (χ2v) is 5.18. The van der Waals surface area contributed by atoms with Crippen LogP contribution in [-0.2, 0) is 4.79 Å². The molecule has 1 aliphatic carbocycles. The molecule has 3 heteroatoms. The monoisotopic (exact) mass is 210 g/mol. The molecule has 2 fully saturated rings. The highest BCUT2D eigenvalue weighted by molar-refractivity contribution is 5.83. The van der Waals surface area contributed by atoms with Gasteiger partial charge in [0.05, 0.1) is 0 Å². The van der Waals surface area contributed by atoms with Crippen LogP contribution < -0.4 is 5.73 Å². The van der Waals surface area contributed by atoms with E-state index in [1.54, 1.807) is 0 Å². The van der Waals surface area contributed by atoms with Gasteiger partial charge in [0.2, 0.25) is 5.91 Å². The minimum absolute atomic E-state index is 0.0127. The maximum atomic E-state index is 12.4. The van der Waals surface area contributed by atoms with Gasteiger partial charge >= 0.3 is 0 Å². The van der Waals surface area contributed by atoms with E-state index in [2.05, 4.69) is 6.92 Å². The normalized spacial score (nSPS) is 28.9. The van der Waals surface area contributed by atoms with Crippen LogP contribution in [0.15, 0.2) is 0 Å². The van der Waals surface area contributed by atoms with Crippen LogP contribution in [-0.4, -0.2) is 29.9 Å². The molecule has 2 aliphatic rings. The molecule has 1 heterocycles. The molecule has 0 aromatic carbocycles. The first kappa shape index (κ1) is 10.9. The van der Waals surface area contributed by atoms with Gasteiger partial charge in [-0.3, -0.25) is 4.79 Å². The SMILES string of the molecule is CCCC1(C(=O)N2CCC(N)C2)CCC1. The second-order valence-electron chi connectivity index (χ2n) is 5.18. The van der Waals surface area contributed by atoms with Gasteiger partial charge in [0.15, 0.2) is 0 Å². The van der Waals surface area contributed by atoms with Crippen molar-refractivity contribution in [3.8, 4) is 0 Å². The average molecular weight is 210 g/mol. The Morgan fingerprint density at radius 2 is 2.27 bits per heavy atom. The first-order valence-electron chi connectivity index (χ1n) is 6.23. The Kier molecular flexibility index (Phi) is 3.01. The van der Waals surface area contributed by atoms with Crippen molar-refractivity contribution < 1.29 is 4.79 Å². The Balaban J connectivity index is 1.99. The fourth-order valence-corrected chi connectivity index (χ4v) is 2.96. The van der Waals surface area contributed by atoms with Crippen LogP contribution >= 0.6 is 0 Å². The lowest BCUT2D eigenvalue weighted by Crippen LogP contribution is -2.47. The van der Waals surface area contributed by atoms with Gasteiger partial charge in [-0.1, -0.05) is 19.8 Å². The number of nitrogens with zero attached hydrogens (tertiary/aromatic N) is 1. The van der Waals surface area contributed by atoms with E-state index >= 15 is 0 Å². The fraction of sp³-hybridized carbons (Fsp3) is 0.917. The molecule has 1 unspecified atom stereocenters. The van der Waals surface area contributed by atoms with Crippen molar-refractivity contribution in [2.75, 3.05) is 13.1 Å². The highest BCUT2D eigenvalue weighted by Gasteiger charge is 2.46. The lowest BCUT2D eigenvalue weighted by molar-refractivity contribution is -0.147. The van der Waals surface area contributed by atoms with Crippen LogP contribution in [0.4, 0.5) is 0 Å².